The second-order valence-corrected chi connectivity index (χ2v) is 8.77. The van der Waals surface area contributed by atoms with Crippen molar-refractivity contribution >= 4 is 11.6 Å². The van der Waals surface area contributed by atoms with E-state index in [1.807, 2.05) is 72.2 Å². The zero-order chi connectivity index (χ0) is 25.1. The summed E-state index contributed by atoms with van der Waals surface area (Å²) in [5.41, 5.74) is 4.95. The predicted molar refractivity (Wildman–Crippen MR) is 135 cm³/mol. The molecule has 0 bridgehead atoms. The smallest absolute Gasteiger partial charge is 0.231 e. The van der Waals surface area contributed by atoms with Gasteiger partial charge in [0, 0.05) is 31.3 Å². The van der Waals surface area contributed by atoms with Crippen molar-refractivity contribution in [3.05, 3.63) is 83.3 Å². The largest absolute Gasteiger partial charge is 0.493 e. The molecule has 8 heteroatoms. The first-order chi connectivity index (χ1) is 17.6. The fourth-order valence-corrected chi connectivity index (χ4v) is 4.52. The van der Waals surface area contributed by atoms with Crippen molar-refractivity contribution in [2.45, 2.75) is 25.7 Å². The highest BCUT2D eigenvalue weighted by Gasteiger charge is 2.24. The third-order valence-corrected chi connectivity index (χ3v) is 6.43. The summed E-state index contributed by atoms with van der Waals surface area (Å²) in [6.45, 7) is 2.75. The lowest BCUT2D eigenvalue weighted by molar-refractivity contribution is -0.121. The molecule has 8 nitrogen and oxygen atoms in total. The van der Waals surface area contributed by atoms with Gasteiger partial charge in [-0.25, -0.2) is 4.98 Å². The minimum Gasteiger partial charge on any atom is -0.493 e. The fourth-order valence-electron chi connectivity index (χ4n) is 4.52. The quantitative estimate of drug-likeness (QED) is 0.380. The Balaban J connectivity index is 1.34. The van der Waals surface area contributed by atoms with E-state index in [0.717, 1.165) is 28.0 Å². The van der Waals surface area contributed by atoms with Crippen LogP contribution < -0.4 is 24.3 Å². The topological polar surface area (TPSA) is 83.3 Å². The van der Waals surface area contributed by atoms with Crippen LogP contribution >= 0.6 is 0 Å². The van der Waals surface area contributed by atoms with Crippen LogP contribution in [0.1, 0.15) is 34.7 Å². The molecule has 3 heterocycles. The molecule has 1 unspecified atom stereocenters. The lowest BCUT2D eigenvalue weighted by atomic mass is 9.92. The molecular formula is C28H29N3O5. The maximum atomic E-state index is 13.1. The van der Waals surface area contributed by atoms with Crippen molar-refractivity contribution in [3.8, 4) is 23.0 Å². The number of methoxy groups -OCH3 is 2. The van der Waals surface area contributed by atoms with Gasteiger partial charge in [0.05, 0.1) is 19.9 Å². The molecule has 0 radical (unpaired) electrons. The number of carbonyl (C=O) groups excluding carboxylic acids is 1. The van der Waals surface area contributed by atoms with E-state index in [9.17, 15) is 4.79 Å². The van der Waals surface area contributed by atoms with Crippen molar-refractivity contribution in [3.63, 3.8) is 0 Å². The van der Waals surface area contributed by atoms with E-state index in [4.69, 9.17) is 18.9 Å². The van der Waals surface area contributed by atoms with Gasteiger partial charge in [-0.05, 0) is 66.4 Å². The summed E-state index contributed by atoms with van der Waals surface area (Å²) < 4.78 is 23.8. The lowest BCUT2D eigenvalue weighted by Crippen LogP contribution is -2.27. The number of imidazole rings is 1. The molecule has 0 saturated carbocycles. The standard InChI is InChI=1S/C28H29N3O5/c1-18-9-11-31-22(16-30-27(31)12-18)21(20-5-7-24-26(14-20)36-17-35-24)15-28(32)29-10-8-19-4-6-23(33-2)25(13-19)34-3/h4-7,9,11-14,16,21H,8,10,15,17H2,1-3H3,(H,29,32). The van der Waals surface area contributed by atoms with Crippen molar-refractivity contribution in [2.75, 3.05) is 27.6 Å². The number of pyridine rings is 1. The molecule has 1 aliphatic heterocycles. The van der Waals surface area contributed by atoms with Gasteiger partial charge in [-0.3, -0.25) is 4.79 Å². The van der Waals surface area contributed by atoms with Crippen LogP contribution in [-0.4, -0.2) is 42.8 Å². The number of nitrogens with zero attached hydrogens (tertiary/aromatic N) is 2. The number of benzene rings is 2. The minimum absolute atomic E-state index is 0.0415. The number of aromatic nitrogens is 2. The van der Waals surface area contributed by atoms with E-state index in [2.05, 4.69) is 10.3 Å². The number of nitrogens with one attached hydrogen (secondary N) is 1. The highest BCUT2D eigenvalue weighted by Crippen LogP contribution is 2.38. The Morgan fingerprint density at radius 1 is 1.06 bits per heavy atom. The van der Waals surface area contributed by atoms with Gasteiger partial charge in [0.25, 0.3) is 0 Å². The van der Waals surface area contributed by atoms with Gasteiger partial charge in [-0.1, -0.05) is 12.1 Å². The van der Waals surface area contributed by atoms with Crippen LogP contribution in [0.25, 0.3) is 5.65 Å². The molecular weight excluding hydrogens is 458 g/mol. The summed E-state index contributed by atoms with van der Waals surface area (Å²) in [7, 11) is 3.22. The van der Waals surface area contributed by atoms with Gasteiger partial charge in [-0.15, -0.1) is 0 Å². The second kappa shape index (κ2) is 10.2. The Kier molecular flexibility index (Phi) is 6.66. The zero-order valence-corrected chi connectivity index (χ0v) is 20.6. The second-order valence-electron chi connectivity index (χ2n) is 8.77. The van der Waals surface area contributed by atoms with Crippen LogP contribution in [0, 0.1) is 6.92 Å². The number of hydrogen-bond donors (Lipinski definition) is 1. The molecule has 4 aromatic rings. The predicted octanol–water partition coefficient (Wildman–Crippen LogP) is 4.27. The van der Waals surface area contributed by atoms with Crippen molar-refractivity contribution in [1.29, 1.82) is 0 Å². The molecule has 2 aromatic carbocycles. The average Bonchev–Trinajstić information content (AvgIpc) is 3.53. The van der Waals surface area contributed by atoms with E-state index in [0.29, 0.717) is 36.0 Å². The molecule has 1 atom stereocenters. The summed E-state index contributed by atoms with van der Waals surface area (Å²) >= 11 is 0. The molecule has 0 aliphatic carbocycles. The van der Waals surface area contributed by atoms with E-state index in [1.165, 1.54) is 0 Å². The van der Waals surface area contributed by atoms with Crippen LogP contribution in [0.5, 0.6) is 23.0 Å². The molecule has 0 saturated heterocycles. The summed E-state index contributed by atoms with van der Waals surface area (Å²) in [4.78, 5) is 17.7. The van der Waals surface area contributed by atoms with Gasteiger partial charge < -0.3 is 28.7 Å². The third-order valence-electron chi connectivity index (χ3n) is 6.43. The molecule has 1 aliphatic rings. The van der Waals surface area contributed by atoms with E-state index in [-0.39, 0.29) is 25.0 Å². The maximum Gasteiger partial charge on any atom is 0.231 e. The Morgan fingerprint density at radius 3 is 2.72 bits per heavy atom. The number of ether oxygens (including phenoxy) is 4. The molecule has 0 fully saturated rings. The fraction of sp³-hybridized carbons (Fsp3) is 0.286. The molecule has 5 rings (SSSR count). The molecule has 36 heavy (non-hydrogen) atoms. The highest BCUT2D eigenvalue weighted by molar-refractivity contribution is 5.77. The van der Waals surface area contributed by atoms with Crippen LogP contribution in [0.3, 0.4) is 0 Å². The number of hydrogen-bond acceptors (Lipinski definition) is 6. The van der Waals surface area contributed by atoms with Gasteiger partial charge in [0.2, 0.25) is 12.7 Å². The third kappa shape index (κ3) is 4.79. The monoisotopic (exact) mass is 487 g/mol. The van der Waals surface area contributed by atoms with Crippen molar-refractivity contribution < 1.29 is 23.7 Å². The first-order valence-electron chi connectivity index (χ1n) is 11.9. The van der Waals surface area contributed by atoms with Gasteiger partial charge in [0.15, 0.2) is 23.0 Å². The summed E-state index contributed by atoms with van der Waals surface area (Å²) in [6, 6.07) is 15.7. The Hall–Kier alpha value is -4.20. The van der Waals surface area contributed by atoms with Crippen LogP contribution in [0.15, 0.2) is 60.9 Å². The molecule has 2 aromatic heterocycles. The maximum absolute atomic E-state index is 13.1. The first-order valence-corrected chi connectivity index (χ1v) is 11.9. The average molecular weight is 488 g/mol. The van der Waals surface area contributed by atoms with Crippen LogP contribution in [0.4, 0.5) is 0 Å². The Morgan fingerprint density at radius 2 is 1.89 bits per heavy atom. The zero-order valence-electron chi connectivity index (χ0n) is 20.6. The number of carbonyl (C=O) groups is 1. The van der Waals surface area contributed by atoms with Crippen molar-refractivity contribution in [2.24, 2.45) is 0 Å². The van der Waals surface area contributed by atoms with Crippen LogP contribution in [-0.2, 0) is 11.2 Å². The summed E-state index contributed by atoms with van der Waals surface area (Å²) in [5.74, 6) is 2.51. The van der Waals surface area contributed by atoms with Gasteiger partial charge in [0.1, 0.15) is 5.65 Å². The summed E-state index contributed by atoms with van der Waals surface area (Å²) in [6.07, 6.45) is 4.80. The number of fused-ring (bicyclic) bond motifs is 2. The minimum atomic E-state index is -0.210. The first kappa shape index (κ1) is 23.5. The van der Waals surface area contributed by atoms with Crippen LogP contribution in [0.2, 0.25) is 0 Å². The summed E-state index contributed by atoms with van der Waals surface area (Å²) in [5, 5.41) is 3.07. The van der Waals surface area contributed by atoms with Gasteiger partial charge in [-0.2, -0.15) is 0 Å². The Bertz CT molecular complexity index is 1400. The number of rotatable bonds is 9. The molecule has 1 amide bonds. The van der Waals surface area contributed by atoms with E-state index in [1.54, 1.807) is 14.2 Å². The number of amides is 1. The van der Waals surface area contributed by atoms with Crippen molar-refractivity contribution in [1.82, 2.24) is 14.7 Å². The molecule has 0 spiro atoms. The number of aryl methyl sites for hydroxylation is 1. The SMILES string of the molecule is COc1ccc(CCNC(=O)CC(c2ccc3c(c2)OCO3)c2cnc3cc(C)ccn23)cc1OC. The van der Waals surface area contributed by atoms with E-state index >= 15 is 0 Å². The van der Waals surface area contributed by atoms with E-state index < -0.39 is 0 Å². The highest BCUT2D eigenvalue weighted by atomic mass is 16.7. The Labute approximate surface area is 209 Å². The molecule has 1 N–H and O–H groups in total. The molecule has 186 valence electrons. The normalized spacial score (nSPS) is 13.0. The van der Waals surface area contributed by atoms with Gasteiger partial charge >= 0.3 is 0 Å². The lowest BCUT2D eigenvalue weighted by Gasteiger charge is -2.18.